The molecule has 1 aliphatic heterocycles. The first-order valence-corrected chi connectivity index (χ1v) is 10.9. The summed E-state index contributed by atoms with van der Waals surface area (Å²) in [5.74, 6) is 0.765. The quantitative estimate of drug-likeness (QED) is 0.614. The highest BCUT2D eigenvalue weighted by atomic mass is 19.4. The Balaban J connectivity index is 1.68. The van der Waals surface area contributed by atoms with E-state index >= 15 is 0 Å². The zero-order valence-corrected chi connectivity index (χ0v) is 18.0. The number of hydrogen-bond acceptors (Lipinski definition) is 4. The third kappa shape index (κ3) is 5.74. The Morgan fingerprint density at radius 2 is 1.87 bits per heavy atom. The third-order valence-electron chi connectivity index (χ3n) is 5.75. The maximum absolute atomic E-state index is 13.0. The van der Waals surface area contributed by atoms with E-state index in [1.54, 1.807) is 18.3 Å². The first kappa shape index (κ1) is 23.0. The molecule has 0 aliphatic carbocycles. The standard InChI is InChI=1S/C23H29F3N4O/c1-3-5-7-17(4-2)21(31)29-12-14-30(15-13-29)22-27-11-10-20(28-22)18-8-6-9-19(16-18)23(24,25)26/h6,8-11,16-17H,3-5,7,12-15H2,1-2H3/t17-/m1/s1. The lowest BCUT2D eigenvalue weighted by Gasteiger charge is -2.36. The van der Waals surface area contributed by atoms with E-state index in [2.05, 4.69) is 23.8 Å². The van der Waals surface area contributed by atoms with Crippen molar-refractivity contribution in [1.82, 2.24) is 14.9 Å². The summed E-state index contributed by atoms with van der Waals surface area (Å²) in [4.78, 5) is 25.5. The van der Waals surface area contributed by atoms with E-state index in [1.807, 2.05) is 9.80 Å². The molecule has 168 valence electrons. The number of benzene rings is 1. The molecule has 5 nitrogen and oxygen atoms in total. The van der Waals surface area contributed by atoms with Crippen LogP contribution in [0.5, 0.6) is 0 Å². The molecule has 1 atom stereocenters. The Morgan fingerprint density at radius 3 is 2.52 bits per heavy atom. The number of aromatic nitrogens is 2. The lowest BCUT2D eigenvalue weighted by atomic mass is 9.97. The molecule has 1 saturated heterocycles. The monoisotopic (exact) mass is 434 g/mol. The van der Waals surface area contributed by atoms with Crippen molar-refractivity contribution in [3.8, 4) is 11.3 Å². The van der Waals surface area contributed by atoms with E-state index in [1.165, 1.54) is 6.07 Å². The second-order valence-electron chi connectivity index (χ2n) is 7.88. The highest BCUT2D eigenvalue weighted by Crippen LogP contribution is 2.32. The van der Waals surface area contributed by atoms with Crippen LogP contribution in [-0.2, 0) is 11.0 Å². The van der Waals surface area contributed by atoms with Crippen LogP contribution in [0.1, 0.15) is 45.1 Å². The minimum atomic E-state index is -4.40. The van der Waals surface area contributed by atoms with Crippen molar-refractivity contribution in [2.24, 2.45) is 5.92 Å². The van der Waals surface area contributed by atoms with Gasteiger partial charge in [-0.2, -0.15) is 13.2 Å². The molecule has 0 saturated carbocycles. The lowest BCUT2D eigenvalue weighted by Crippen LogP contribution is -2.50. The van der Waals surface area contributed by atoms with Gasteiger partial charge in [0.05, 0.1) is 11.3 Å². The van der Waals surface area contributed by atoms with E-state index in [0.29, 0.717) is 43.4 Å². The third-order valence-corrected chi connectivity index (χ3v) is 5.75. The van der Waals surface area contributed by atoms with Gasteiger partial charge >= 0.3 is 6.18 Å². The van der Waals surface area contributed by atoms with Crippen molar-refractivity contribution >= 4 is 11.9 Å². The molecular weight excluding hydrogens is 405 g/mol. The van der Waals surface area contributed by atoms with Crippen LogP contribution in [0, 0.1) is 5.92 Å². The van der Waals surface area contributed by atoms with Crippen molar-refractivity contribution in [2.45, 2.75) is 45.7 Å². The molecule has 31 heavy (non-hydrogen) atoms. The topological polar surface area (TPSA) is 49.3 Å². The number of nitrogens with zero attached hydrogens (tertiary/aromatic N) is 4. The van der Waals surface area contributed by atoms with E-state index < -0.39 is 11.7 Å². The molecule has 0 N–H and O–H groups in total. The second kappa shape index (κ2) is 10.1. The Hall–Kier alpha value is -2.64. The van der Waals surface area contributed by atoms with Crippen LogP contribution >= 0.6 is 0 Å². The molecule has 0 unspecified atom stereocenters. The van der Waals surface area contributed by atoms with Gasteiger partial charge in [-0.25, -0.2) is 9.97 Å². The Bertz CT molecular complexity index is 879. The molecule has 0 spiro atoms. The molecular formula is C23H29F3N4O. The highest BCUT2D eigenvalue weighted by Gasteiger charge is 2.31. The molecule has 1 fully saturated rings. The molecule has 1 aromatic heterocycles. The van der Waals surface area contributed by atoms with E-state index in [-0.39, 0.29) is 11.8 Å². The first-order valence-electron chi connectivity index (χ1n) is 10.9. The molecule has 8 heteroatoms. The van der Waals surface area contributed by atoms with Gasteiger partial charge in [0.2, 0.25) is 11.9 Å². The zero-order valence-electron chi connectivity index (χ0n) is 18.0. The molecule has 0 bridgehead atoms. The van der Waals surface area contributed by atoms with Gasteiger partial charge in [-0.15, -0.1) is 0 Å². The Kier molecular flexibility index (Phi) is 7.51. The van der Waals surface area contributed by atoms with Crippen molar-refractivity contribution < 1.29 is 18.0 Å². The van der Waals surface area contributed by atoms with Crippen molar-refractivity contribution in [3.05, 3.63) is 42.1 Å². The smallest absolute Gasteiger partial charge is 0.339 e. The fourth-order valence-corrected chi connectivity index (χ4v) is 3.85. The van der Waals surface area contributed by atoms with Gasteiger partial charge in [-0.05, 0) is 31.0 Å². The molecule has 0 radical (unpaired) electrons. The van der Waals surface area contributed by atoms with E-state index in [9.17, 15) is 18.0 Å². The Morgan fingerprint density at radius 1 is 1.13 bits per heavy atom. The summed E-state index contributed by atoms with van der Waals surface area (Å²) >= 11 is 0. The SMILES string of the molecule is CCCC[C@@H](CC)C(=O)N1CCN(c2nccc(-c3cccc(C(F)(F)F)c3)n2)CC1. The number of rotatable bonds is 7. The van der Waals surface area contributed by atoms with Crippen molar-refractivity contribution in [1.29, 1.82) is 0 Å². The summed E-state index contributed by atoms with van der Waals surface area (Å²) < 4.78 is 39.1. The van der Waals surface area contributed by atoms with Gasteiger partial charge in [0.15, 0.2) is 0 Å². The summed E-state index contributed by atoms with van der Waals surface area (Å²) in [7, 11) is 0. The van der Waals surface area contributed by atoms with Crippen LogP contribution in [-0.4, -0.2) is 47.0 Å². The summed E-state index contributed by atoms with van der Waals surface area (Å²) in [5.41, 5.74) is 0.139. The number of amides is 1. The highest BCUT2D eigenvalue weighted by molar-refractivity contribution is 5.79. The predicted molar refractivity (Wildman–Crippen MR) is 115 cm³/mol. The van der Waals surface area contributed by atoms with Gasteiger partial charge < -0.3 is 9.80 Å². The zero-order chi connectivity index (χ0) is 22.4. The number of hydrogen-bond donors (Lipinski definition) is 0. The number of alkyl halides is 3. The molecule has 1 aromatic carbocycles. The van der Waals surface area contributed by atoms with Gasteiger partial charge in [0, 0.05) is 43.9 Å². The summed E-state index contributed by atoms with van der Waals surface area (Å²) in [5, 5.41) is 0. The average molecular weight is 435 g/mol. The van der Waals surface area contributed by atoms with Crippen LogP contribution in [0.25, 0.3) is 11.3 Å². The largest absolute Gasteiger partial charge is 0.416 e. The maximum Gasteiger partial charge on any atom is 0.416 e. The number of piperazine rings is 1. The number of unbranched alkanes of at least 4 members (excludes halogenated alkanes) is 1. The van der Waals surface area contributed by atoms with Gasteiger partial charge in [-0.3, -0.25) is 4.79 Å². The van der Waals surface area contributed by atoms with E-state index in [0.717, 1.165) is 37.8 Å². The molecule has 3 rings (SSSR count). The van der Waals surface area contributed by atoms with Gasteiger partial charge in [-0.1, -0.05) is 38.8 Å². The van der Waals surface area contributed by atoms with Gasteiger partial charge in [0.1, 0.15) is 0 Å². The van der Waals surface area contributed by atoms with Crippen LogP contribution in [0.2, 0.25) is 0 Å². The normalized spacial score (nSPS) is 15.8. The maximum atomic E-state index is 13.0. The fourth-order valence-electron chi connectivity index (χ4n) is 3.85. The minimum Gasteiger partial charge on any atom is -0.339 e. The second-order valence-corrected chi connectivity index (χ2v) is 7.88. The van der Waals surface area contributed by atoms with Crippen molar-refractivity contribution in [3.63, 3.8) is 0 Å². The van der Waals surface area contributed by atoms with E-state index in [4.69, 9.17) is 0 Å². The number of carbonyl (C=O) groups excluding carboxylic acids is 1. The molecule has 1 amide bonds. The molecule has 1 aliphatic rings. The van der Waals surface area contributed by atoms with Crippen LogP contribution in [0.15, 0.2) is 36.5 Å². The number of anilines is 1. The van der Waals surface area contributed by atoms with Crippen molar-refractivity contribution in [2.75, 3.05) is 31.1 Å². The first-order chi connectivity index (χ1) is 14.8. The van der Waals surface area contributed by atoms with Crippen LogP contribution in [0.4, 0.5) is 19.1 Å². The fraction of sp³-hybridized carbons (Fsp3) is 0.522. The molecule has 2 heterocycles. The average Bonchev–Trinajstić information content (AvgIpc) is 2.79. The number of carbonyl (C=O) groups is 1. The van der Waals surface area contributed by atoms with Crippen LogP contribution < -0.4 is 4.90 Å². The van der Waals surface area contributed by atoms with Crippen LogP contribution in [0.3, 0.4) is 0 Å². The number of halogens is 3. The van der Waals surface area contributed by atoms with Gasteiger partial charge in [0.25, 0.3) is 0 Å². The predicted octanol–water partition coefficient (Wildman–Crippen LogP) is 5.03. The Labute approximate surface area is 181 Å². The minimum absolute atomic E-state index is 0.0759. The summed E-state index contributed by atoms with van der Waals surface area (Å²) in [6, 6.07) is 6.75. The lowest BCUT2D eigenvalue weighted by molar-refractivity contribution is -0.137. The molecule has 2 aromatic rings. The summed E-state index contributed by atoms with van der Waals surface area (Å²) in [6.07, 6.45) is 1.07. The summed E-state index contributed by atoms with van der Waals surface area (Å²) in [6.45, 7) is 6.58.